The van der Waals surface area contributed by atoms with E-state index in [0.717, 1.165) is 36.5 Å². The van der Waals surface area contributed by atoms with Crippen molar-refractivity contribution in [2.24, 2.45) is 5.92 Å². The van der Waals surface area contributed by atoms with Crippen LogP contribution in [0.3, 0.4) is 0 Å². The predicted octanol–water partition coefficient (Wildman–Crippen LogP) is 6.27. The van der Waals surface area contributed by atoms with Gasteiger partial charge in [0.05, 0.1) is 0 Å². The number of hydrogen-bond acceptors (Lipinski definition) is 0. The highest BCUT2D eigenvalue weighted by Crippen LogP contribution is 2.34. The van der Waals surface area contributed by atoms with E-state index in [4.69, 9.17) is 0 Å². The van der Waals surface area contributed by atoms with Gasteiger partial charge in [-0.1, -0.05) is 57.3 Å². The summed E-state index contributed by atoms with van der Waals surface area (Å²) in [5.74, 6) is -2.64. The smallest absolute Gasteiger partial charge is 0.202 e. The van der Waals surface area contributed by atoms with Crippen molar-refractivity contribution < 1.29 is 8.78 Å². The van der Waals surface area contributed by atoms with Gasteiger partial charge in [-0.05, 0) is 41.5 Å². The molecule has 1 rings (SSSR count). The maximum absolute atomic E-state index is 13.4. The average molecular weight is 290 g/mol. The van der Waals surface area contributed by atoms with Crippen LogP contribution >= 0.6 is 0 Å². The summed E-state index contributed by atoms with van der Waals surface area (Å²) >= 11 is 0. The molecule has 0 radical (unpaired) electrons. The molecule has 0 amide bonds. The zero-order chi connectivity index (χ0) is 16.0. The lowest BCUT2D eigenvalue weighted by atomic mass is 9.85. The Bertz CT molecular complexity index is 514. The van der Waals surface area contributed by atoms with Crippen LogP contribution in [0.25, 0.3) is 5.57 Å². The maximum Gasteiger partial charge on any atom is 0.269 e. The summed E-state index contributed by atoms with van der Waals surface area (Å²) in [5.41, 5.74) is 2.38. The second kappa shape index (κ2) is 7.35. The standard InChI is InChI=1S/C19H24F2/c1-6-16(7-2)15(4)18(13-14(3)19(5,20)21)17-11-9-8-10-12-17/h8-13,16H,3-4,6-7H2,1-2,5H3/b18-13+. The highest BCUT2D eigenvalue weighted by atomic mass is 19.3. The normalized spacial score (nSPS) is 12.6. The molecule has 0 aliphatic carbocycles. The number of benzene rings is 1. The van der Waals surface area contributed by atoms with E-state index in [1.165, 1.54) is 6.08 Å². The third-order valence-corrected chi connectivity index (χ3v) is 3.79. The van der Waals surface area contributed by atoms with Gasteiger partial charge in [-0.25, -0.2) is 8.78 Å². The van der Waals surface area contributed by atoms with Crippen LogP contribution in [-0.2, 0) is 0 Å². The third kappa shape index (κ3) is 4.66. The first-order valence-electron chi connectivity index (χ1n) is 7.34. The number of alkyl halides is 2. The summed E-state index contributed by atoms with van der Waals surface area (Å²) in [6, 6.07) is 9.54. The first-order chi connectivity index (χ1) is 9.81. The Labute approximate surface area is 126 Å². The summed E-state index contributed by atoms with van der Waals surface area (Å²) in [4.78, 5) is 0. The van der Waals surface area contributed by atoms with Crippen molar-refractivity contribution in [3.63, 3.8) is 0 Å². The fraction of sp³-hybridized carbons (Fsp3) is 0.368. The van der Waals surface area contributed by atoms with Crippen LogP contribution < -0.4 is 0 Å². The average Bonchev–Trinajstić information content (AvgIpc) is 2.45. The molecule has 0 N–H and O–H groups in total. The summed E-state index contributed by atoms with van der Waals surface area (Å²) < 4.78 is 26.9. The SMILES string of the molecule is C=C(/C(=C\C(=C)C(C)(F)F)c1ccccc1)C(CC)CC. The molecule has 0 nitrogen and oxygen atoms in total. The van der Waals surface area contributed by atoms with Gasteiger partial charge in [0.25, 0.3) is 5.92 Å². The van der Waals surface area contributed by atoms with E-state index in [2.05, 4.69) is 27.0 Å². The molecule has 0 saturated carbocycles. The van der Waals surface area contributed by atoms with Crippen molar-refractivity contribution in [2.45, 2.75) is 39.5 Å². The van der Waals surface area contributed by atoms with Gasteiger partial charge in [0.1, 0.15) is 0 Å². The van der Waals surface area contributed by atoms with Crippen molar-refractivity contribution in [1.82, 2.24) is 0 Å². The third-order valence-electron chi connectivity index (χ3n) is 3.79. The van der Waals surface area contributed by atoms with Gasteiger partial charge >= 0.3 is 0 Å². The number of rotatable bonds is 7. The summed E-state index contributed by atoms with van der Waals surface area (Å²) in [6.45, 7) is 12.7. The molecule has 0 bridgehead atoms. The van der Waals surface area contributed by atoms with Crippen LogP contribution in [0, 0.1) is 5.92 Å². The molecule has 1 aromatic rings. The molecule has 0 aliphatic rings. The summed E-state index contributed by atoms with van der Waals surface area (Å²) in [7, 11) is 0. The van der Waals surface area contributed by atoms with Gasteiger partial charge in [-0.2, -0.15) is 0 Å². The molecule has 1 aromatic carbocycles. The van der Waals surface area contributed by atoms with Crippen LogP contribution in [-0.4, -0.2) is 5.92 Å². The molecule has 0 aliphatic heterocycles. The van der Waals surface area contributed by atoms with E-state index in [-0.39, 0.29) is 11.5 Å². The number of allylic oxidation sites excluding steroid dienone is 4. The van der Waals surface area contributed by atoms with Crippen molar-refractivity contribution in [2.75, 3.05) is 0 Å². The molecule has 0 heterocycles. The van der Waals surface area contributed by atoms with Crippen LogP contribution in [0.4, 0.5) is 8.78 Å². The second-order valence-electron chi connectivity index (χ2n) is 5.38. The lowest BCUT2D eigenvalue weighted by Gasteiger charge is -2.21. The van der Waals surface area contributed by atoms with Gasteiger partial charge in [0.15, 0.2) is 0 Å². The van der Waals surface area contributed by atoms with Gasteiger partial charge < -0.3 is 0 Å². The molecule has 0 spiro atoms. The second-order valence-corrected chi connectivity index (χ2v) is 5.38. The monoisotopic (exact) mass is 290 g/mol. The Morgan fingerprint density at radius 2 is 1.67 bits per heavy atom. The van der Waals surface area contributed by atoms with Gasteiger partial charge in [-0.3, -0.25) is 0 Å². The summed E-state index contributed by atoms with van der Waals surface area (Å²) in [6.07, 6.45) is 3.36. The lowest BCUT2D eigenvalue weighted by Crippen LogP contribution is -2.12. The zero-order valence-electron chi connectivity index (χ0n) is 13.1. The van der Waals surface area contributed by atoms with Crippen LogP contribution in [0.1, 0.15) is 39.2 Å². The minimum atomic E-state index is -2.92. The number of halogens is 2. The van der Waals surface area contributed by atoms with E-state index in [1.807, 2.05) is 30.3 Å². The minimum Gasteiger partial charge on any atom is -0.202 e. The Balaban J connectivity index is 3.28. The molecule has 21 heavy (non-hydrogen) atoms. The Hall–Kier alpha value is -1.70. The predicted molar refractivity (Wildman–Crippen MR) is 87.4 cm³/mol. The first-order valence-corrected chi connectivity index (χ1v) is 7.34. The van der Waals surface area contributed by atoms with Gasteiger partial charge in [0.2, 0.25) is 0 Å². The zero-order valence-corrected chi connectivity index (χ0v) is 13.1. The lowest BCUT2D eigenvalue weighted by molar-refractivity contribution is 0.0681. The van der Waals surface area contributed by atoms with E-state index in [1.54, 1.807) is 0 Å². The Morgan fingerprint density at radius 1 is 1.14 bits per heavy atom. The van der Waals surface area contributed by atoms with E-state index >= 15 is 0 Å². The topological polar surface area (TPSA) is 0 Å². The molecular weight excluding hydrogens is 266 g/mol. The molecule has 0 unspecified atom stereocenters. The first kappa shape index (κ1) is 17.4. The van der Waals surface area contributed by atoms with E-state index in [9.17, 15) is 8.78 Å². The van der Waals surface area contributed by atoms with Crippen molar-refractivity contribution >= 4 is 5.57 Å². The molecule has 0 saturated heterocycles. The molecule has 0 fully saturated rings. The van der Waals surface area contributed by atoms with E-state index in [0.29, 0.717) is 0 Å². The van der Waals surface area contributed by atoms with E-state index < -0.39 is 5.92 Å². The van der Waals surface area contributed by atoms with Crippen molar-refractivity contribution in [3.05, 3.63) is 66.3 Å². The van der Waals surface area contributed by atoms with Crippen LogP contribution in [0.2, 0.25) is 0 Å². The van der Waals surface area contributed by atoms with Crippen molar-refractivity contribution in [1.29, 1.82) is 0 Å². The van der Waals surface area contributed by atoms with Crippen molar-refractivity contribution in [3.8, 4) is 0 Å². The quantitative estimate of drug-likeness (QED) is 0.519. The molecule has 0 atom stereocenters. The van der Waals surface area contributed by atoms with Gasteiger partial charge in [0, 0.05) is 12.5 Å². The fourth-order valence-corrected chi connectivity index (χ4v) is 2.28. The molecular formula is C19H24F2. The Kier molecular flexibility index (Phi) is 6.07. The highest BCUT2D eigenvalue weighted by molar-refractivity contribution is 5.80. The molecule has 114 valence electrons. The fourth-order valence-electron chi connectivity index (χ4n) is 2.28. The Morgan fingerprint density at radius 3 is 2.10 bits per heavy atom. The summed E-state index contributed by atoms with van der Waals surface area (Å²) in [5, 5.41) is 0. The molecule has 0 aromatic heterocycles. The maximum atomic E-state index is 13.4. The van der Waals surface area contributed by atoms with Gasteiger partial charge in [-0.15, -0.1) is 0 Å². The number of hydrogen-bond donors (Lipinski definition) is 0. The largest absolute Gasteiger partial charge is 0.269 e. The molecule has 2 heteroatoms. The van der Waals surface area contributed by atoms with Crippen LogP contribution in [0.15, 0.2) is 60.7 Å². The highest BCUT2D eigenvalue weighted by Gasteiger charge is 2.25. The van der Waals surface area contributed by atoms with Crippen LogP contribution in [0.5, 0.6) is 0 Å². The minimum absolute atomic E-state index is 0.187.